The number of carbonyl (C=O) groups is 6. The molecule has 2 amide bonds. The van der Waals surface area contributed by atoms with Crippen molar-refractivity contribution < 1.29 is 112 Å². The number of phenols is 4. The summed E-state index contributed by atoms with van der Waals surface area (Å²) < 4.78 is 55.9. The molecule has 31 nitrogen and oxygen atoms in total. The molecule has 31 heteroatoms. The number of Topliss-reactive ketones (excluding diaryl/α,β-unsaturated/α-hetero) is 2. The van der Waals surface area contributed by atoms with Gasteiger partial charge in [-0.15, -0.1) is 0 Å². The van der Waals surface area contributed by atoms with Crippen LogP contribution in [0.2, 0.25) is 0 Å². The average molecular weight is 1730 g/mol. The highest BCUT2D eigenvalue weighted by atomic mass is 16.7. The van der Waals surface area contributed by atoms with Gasteiger partial charge in [0.1, 0.15) is 80.2 Å². The largest absolute Gasteiger partial charge is 0.507 e. The number of imidazole rings is 1. The Morgan fingerprint density at radius 2 is 1.06 bits per heavy atom. The highest BCUT2D eigenvalue weighted by Crippen LogP contribution is 2.56. The summed E-state index contributed by atoms with van der Waals surface area (Å²) in [4.78, 5) is 111. The number of aromatic nitrogens is 3. The SMILES string of the molecule is CO[C@H]1/C=C/O[C@@]2(C)Oc3c(C)c(O)c4c(=O)c(c5oc6cc(N7CCN(CC(C)C)CC7)cc(O)c6nc-5c4c3C2=O)NC(=O)/C(C)=C\C=C\[C@H](C)[C@H](O)[C@@H](C)[C@@H](O)[C@@H](C)[C@H](OC(C)=O)[C@@H]1C.CO[C@H]1/C=C/O[C@@]2(C)Oc3c(C)c(O)c4c(O)c(c5c(nc6cc(C)ccn65)c4c3C2=O)NC(=O)/C(C)=C\C=C\[C@H](C)[C@H](O)[C@@H](C)[C@@H](O)[C@@H](C)[C@H](OC(C)=O)[C@@H]1C. The lowest BCUT2D eigenvalue weighted by atomic mass is 9.78. The number of allylic oxidation sites excluding steroid dienone is 4. The highest BCUT2D eigenvalue weighted by Gasteiger charge is 2.53. The molecule has 1 fully saturated rings. The number of hydrogen-bond acceptors (Lipinski definition) is 28. The van der Waals surface area contributed by atoms with Crippen LogP contribution in [0.1, 0.15) is 148 Å². The fourth-order valence-electron chi connectivity index (χ4n) is 17.8. The minimum Gasteiger partial charge on any atom is -0.507 e. The van der Waals surface area contributed by atoms with Crippen LogP contribution in [0, 0.1) is 74.0 Å². The van der Waals surface area contributed by atoms with Crippen LogP contribution in [0.5, 0.6) is 34.5 Å². The zero-order valence-corrected chi connectivity index (χ0v) is 74.4. The molecule has 6 aliphatic heterocycles. The molecule has 0 radical (unpaired) electrons. The summed E-state index contributed by atoms with van der Waals surface area (Å²) >= 11 is 0. The molecule has 670 valence electrons. The standard InChI is InChI=1S/C51H64N4O13.C43H51N3O11/c1-24(2)23-54-16-18-55(19-17-54)32-21-33(57)39-35(22-32)67-48-40(52-39)36-37-44(60)30(8)47-38(36)49(62)51(10,68-47)65-20-15-34(64-11)27(5)46(66-31(9)56)29(7)43(59)28(6)42(58)25(3)13-12-14-26(4)50(63)53-41(48)45(37)61;1-19-14-16-46-28(18-19)44-32-29-30-37(50)25(7)40-31(29)41(52)43(9,57-40)55-17-15-27(54-10)22(4)39(56-26(8)47)24(6)36(49)23(5)35(48)20(2)12-11-13-21(3)42(53)45-33(34(32)46)38(30)51/h12-15,20-22,24-25,27-29,34,42-43,46,57-60H,16-19,23H2,1-11H3,(H,53,63);11-18,20,22-24,27,35-36,39,48-51H,1-10H3,(H,45,53)/b13-12+,20-15+,26-14-;12-11+,17-15+,21-13-/t25-,27+,28+,29+,34-,42-,43+,46+,51-;20-,22+,23+,24+,27-,35-,36+,39+,43-/m00/s1. The maximum absolute atomic E-state index is 14.9. The Morgan fingerprint density at radius 3 is 1.54 bits per heavy atom. The number of nitrogens with zero attached hydrogens (tertiary/aromatic N) is 5. The Labute approximate surface area is 723 Å². The van der Waals surface area contributed by atoms with E-state index < -0.39 is 160 Å². The molecule has 8 bridgehead atoms. The smallest absolute Gasteiger partial charge is 0.312 e. The Morgan fingerprint density at radius 1 is 0.576 bits per heavy atom. The van der Waals surface area contributed by atoms with Gasteiger partial charge in [-0.2, -0.15) is 0 Å². The molecule has 1 saturated heterocycles. The van der Waals surface area contributed by atoms with Crippen LogP contribution in [0.3, 0.4) is 0 Å². The Hall–Kier alpha value is -11.5. The average Bonchev–Trinajstić information content (AvgIpc) is 1.29. The number of piperazine rings is 1. The topological polar surface area (TPSA) is 429 Å². The van der Waals surface area contributed by atoms with Gasteiger partial charge in [0.25, 0.3) is 23.4 Å². The number of esters is 2. The molecule has 0 spiro atoms. The third-order valence-corrected chi connectivity index (χ3v) is 25.3. The molecule has 6 aromatic rings. The second-order valence-corrected chi connectivity index (χ2v) is 34.8. The minimum atomic E-state index is -2.08. The van der Waals surface area contributed by atoms with Crippen molar-refractivity contribution in [2.45, 2.75) is 192 Å². The van der Waals surface area contributed by atoms with Crippen LogP contribution in [0.15, 0.2) is 112 Å². The molecule has 0 unspecified atom stereocenters. The van der Waals surface area contributed by atoms with E-state index >= 15 is 0 Å². The van der Waals surface area contributed by atoms with Crippen LogP contribution in [-0.4, -0.2) is 203 Å². The van der Waals surface area contributed by atoms with Crippen molar-refractivity contribution in [2.75, 3.05) is 62.5 Å². The van der Waals surface area contributed by atoms with Crippen molar-refractivity contribution in [1.82, 2.24) is 19.3 Å². The van der Waals surface area contributed by atoms with Gasteiger partial charge >= 0.3 is 23.5 Å². The number of ketones is 2. The van der Waals surface area contributed by atoms with E-state index in [0.717, 1.165) is 25.2 Å². The van der Waals surface area contributed by atoms with E-state index in [1.165, 1.54) is 93.4 Å². The van der Waals surface area contributed by atoms with Crippen LogP contribution in [0.4, 0.5) is 17.1 Å². The second kappa shape index (κ2) is 36.6. The van der Waals surface area contributed by atoms with E-state index in [1.807, 2.05) is 19.1 Å². The maximum Gasteiger partial charge on any atom is 0.312 e. The number of rotatable bonds is 7. The monoisotopic (exact) mass is 1730 g/mol. The van der Waals surface area contributed by atoms with Crippen LogP contribution >= 0.6 is 0 Å². The zero-order valence-electron chi connectivity index (χ0n) is 74.4. The molecule has 1 aliphatic carbocycles. The first-order valence-corrected chi connectivity index (χ1v) is 42.1. The van der Waals surface area contributed by atoms with Crippen molar-refractivity contribution >= 4 is 102 Å². The van der Waals surface area contributed by atoms with Gasteiger partial charge in [-0.05, 0) is 70.4 Å². The first-order valence-electron chi connectivity index (χ1n) is 42.1. The number of anilines is 3. The number of nitrogens with one attached hydrogen (secondary N) is 2. The van der Waals surface area contributed by atoms with E-state index in [9.17, 15) is 74.4 Å². The number of aliphatic hydroxyl groups excluding tert-OH is 4. The Balaban J connectivity index is 0.000000231. The first kappa shape index (κ1) is 92.7. The van der Waals surface area contributed by atoms with E-state index in [2.05, 4.69) is 34.3 Å². The molecular weight excluding hydrogens is 1610 g/mol. The summed E-state index contributed by atoms with van der Waals surface area (Å²) in [5.74, 6) is -14.3. The summed E-state index contributed by atoms with van der Waals surface area (Å²) in [6, 6.07) is 6.92. The minimum absolute atomic E-state index is 0.00679. The molecule has 0 saturated carbocycles. The van der Waals surface area contributed by atoms with Gasteiger partial charge in [0, 0.05) is 179 Å². The van der Waals surface area contributed by atoms with E-state index in [1.54, 1.807) is 115 Å². The van der Waals surface area contributed by atoms with E-state index in [4.69, 9.17) is 52.3 Å². The molecule has 4 aromatic carbocycles. The summed E-state index contributed by atoms with van der Waals surface area (Å²) in [5.41, 5.74) is 1.54. The number of pyridine rings is 1. The van der Waals surface area contributed by atoms with Crippen LogP contribution in [-0.2, 0) is 47.6 Å². The van der Waals surface area contributed by atoms with Crippen molar-refractivity contribution in [1.29, 1.82) is 0 Å². The zero-order chi connectivity index (χ0) is 91.5. The molecule has 7 aliphatic rings. The molecule has 18 atom stereocenters. The molecular formula is C94H115N7O24. The number of aliphatic hydroxyl groups is 4. The quantitative estimate of drug-likeness (QED) is 0.0307. The molecule has 13 rings (SSSR count). The maximum atomic E-state index is 14.9. The first-order chi connectivity index (χ1) is 58.9. The number of amides is 2. The lowest BCUT2D eigenvalue weighted by Gasteiger charge is -2.38. The number of methoxy groups -OCH3 is 2. The summed E-state index contributed by atoms with van der Waals surface area (Å²) in [7, 11) is 2.90. The summed E-state index contributed by atoms with van der Waals surface area (Å²) in [5, 5.41) is 98.1. The third kappa shape index (κ3) is 17.6. The molecule has 2 aromatic heterocycles. The van der Waals surface area contributed by atoms with Gasteiger partial charge in [-0.3, -0.25) is 42.9 Å². The van der Waals surface area contributed by atoms with Gasteiger partial charge in [-0.25, -0.2) is 9.97 Å². The number of hydrogen-bond donors (Lipinski definition) is 10. The van der Waals surface area contributed by atoms with Crippen LogP contribution < -0.4 is 30.4 Å². The fourth-order valence-corrected chi connectivity index (χ4v) is 17.8. The molecule has 10 N–H and O–H groups in total. The van der Waals surface area contributed by atoms with Gasteiger partial charge in [-0.1, -0.05) is 106 Å². The van der Waals surface area contributed by atoms with E-state index in [-0.39, 0.29) is 123 Å². The summed E-state index contributed by atoms with van der Waals surface area (Å²) in [6.07, 6.45) is 9.11. The summed E-state index contributed by atoms with van der Waals surface area (Å²) in [6.45, 7) is 35.5. The van der Waals surface area contributed by atoms with Gasteiger partial charge < -0.3 is 98.7 Å². The number of fused-ring (bicyclic) bond motifs is 4. The molecule has 8 heterocycles. The third-order valence-electron chi connectivity index (χ3n) is 25.3. The second-order valence-electron chi connectivity index (χ2n) is 34.8. The van der Waals surface area contributed by atoms with Gasteiger partial charge in [0.2, 0.25) is 5.43 Å². The number of benzene rings is 5. The van der Waals surface area contributed by atoms with Crippen molar-refractivity contribution in [2.24, 2.45) is 53.3 Å². The van der Waals surface area contributed by atoms with Crippen LogP contribution in [0.25, 0.3) is 60.8 Å². The number of aryl methyl sites for hydroxylation is 1. The Kier molecular flexibility index (Phi) is 27.2. The van der Waals surface area contributed by atoms with Gasteiger partial charge in [0.15, 0.2) is 17.1 Å². The lowest BCUT2D eigenvalue weighted by molar-refractivity contribution is -0.161. The number of phenolic OH excluding ortho intramolecular Hbond substituents is 4. The lowest BCUT2D eigenvalue weighted by Crippen LogP contribution is -2.47. The fraction of sp³-hybridized carbons (Fsp3) is 0.479. The van der Waals surface area contributed by atoms with Gasteiger partial charge in [0.05, 0.1) is 71.0 Å². The predicted octanol–water partition coefficient (Wildman–Crippen LogP) is 12.6. The Bertz CT molecular complexity index is 5810. The molecule has 125 heavy (non-hydrogen) atoms. The highest BCUT2D eigenvalue weighted by molar-refractivity contribution is 6.29. The van der Waals surface area contributed by atoms with E-state index in [0.29, 0.717) is 30.3 Å². The van der Waals surface area contributed by atoms with Crippen molar-refractivity contribution in [3.8, 4) is 46.0 Å². The number of aromatic hydroxyl groups is 4. The number of carbonyl (C=O) groups excluding carboxylic acids is 6. The van der Waals surface area contributed by atoms with Crippen molar-refractivity contribution in [3.05, 3.63) is 141 Å². The number of ether oxygens (including phenoxy) is 8. The van der Waals surface area contributed by atoms with Crippen molar-refractivity contribution in [3.63, 3.8) is 0 Å². The predicted molar refractivity (Wildman–Crippen MR) is 469 cm³/mol. The normalized spacial score (nSPS) is 30.1.